The van der Waals surface area contributed by atoms with Crippen LogP contribution in [0.25, 0.3) is 0 Å². The minimum atomic E-state index is 0.0655. The Morgan fingerprint density at radius 3 is 2.72 bits per heavy atom. The van der Waals surface area contributed by atoms with E-state index in [2.05, 4.69) is 5.32 Å². The van der Waals surface area contributed by atoms with Crippen molar-refractivity contribution < 1.29 is 9.59 Å². The van der Waals surface area contributed by atoms with Crippen LogP contribution in [-0.2, 0) is 9.59 Å². The normalized spacial score (nSPS) is 22.7. The second kappa shape index (κ2) is 6.34. The van der Waals surface area contributed by atoms with E-state index in [0.717, 1.165) is 37.7 Å². The molecule has 3 heteroatoms. The molecule has 0 aromatic heterocycles. The van der Waals surface area contributed by atoms with Crippen LogP contribution in [0.2, 0.25) is 0 Å². The van der Waals surface area contributed by atoms with Gasteiger partial charge >= 0.3 is 0 Å². The number of aldehydes is 1. The maximum Gasteiger partial charge on any atom is 0.224 e. The van der Waals surface area contributed by atoms with Gasteiger partial charge in [-0.2, -0.15) is 0 Å². The second-order valence-corrected chi connectivity index (χ2v) is 5.03. The molecule has 0 bridgehead atoms. The van der Waals surface area contributed by atoms with Crippen molar-refractivity contribution in [3.8, 4) is 0 Å². The molecule has 96 valence electrons. The van der Waals surface area contributed by atoms with Crippen LogP contribution in [0.3, 0.4) is 0 Å². The maximum atomic E-state index is 11.7. The average Bonchev–Trinajstić information content (AvgIpc) is 2.85. The van der Waals surface area contributed by atoms with Crippen LogP contribution in [-0.4, -0.2) is 12.2 Å². The van der Waals surface area contributed by atoms with E-state index in [1.165, 1.54) is 0 Å². The van der Waals surface area contributed by atoms with Gasteiger partial charge in [0.2, 0.25) is 5.91 Å². The zero-order chi connectivity index (χ0) is 12.8. The third-order valence-electron chi connectivity index (χ3n) is 3.61. The lowest BCUT2D eigenvalue weighted by Gasteiger charge is -2.09. The molecule has 1 aliphatic rings. The van der Waals surface area contributed by atoms with E-state index in [1.54, 1.807) is 0 Å². The number of benzene rings is 1. The number of hydrogen-bond acceptors (Lipinski definition) is 2. The maximum absolute atomic E-state index is 11.7. The van der Waals surface area contributed by atoms with Crippen molar-refractivity contribution in [2.24, 2.45) is 11.8 Å². The summed E-state index contributed by atoms with van der Waals surface area (Å²) in [7, 11) is 0. The van der Waals surface area contributed by atoms with Crippen LogP contribution in [0.1, 0.15) is 32.1 Å². The lowest BCUT2D eigenvalue weighted by atomic mass is 10.00. The number of nitrogens with one attached hydrogen (secondary N) is 1. The summed E-state index contributed by atoms with van der Waals surface area (Å²) in [6.07, 6.45) is 5.54. The lowest BCUT2D eigenvalue weighted by molar-refractivity contribution is -0.116. The molecule has 1 aromatic carbocycles. The van der Waals surface area contributed by atoms with Gasteiger partial charge in [-0.15, -0.1) is 0 Å². The molecule has 18 heavy (non-hydrogen) atoms. The molecule has 1 aromatic rings. The van der Waals surface area contributed by atoms with Crippen molar-refractivity contribution >= 4 is 17.9 Å². The molecule has 2 rings (SSSR count). The lowest BCUT2D eigenvalue weighted by Crippen LogP contribution is -2.12. The van der Waals surface area contributed by atoms with E-state index in [9.17, 15) is 9.59 Å². The number of amides is 1. The zero-order valence-electron chi connectivity index (χ0n) is 10.5. The molecule has 0 spiro atoms. The van der Waals surface area contributed by atoms with Crippen LogP contribution < -0.4 is 5.32 Å². The minimum Gasteiger partial charge on any atom is -0.326 e. The molecule has 3 nitrogen and oxygen atoms in total. The van der Waals surface area contributed by atoms with Gasteiger partial charge in [0.05, 0.1) is 0 Å². The van der Waals surface area contributed by atoms with Gasteiger partial charge in [0.1, 0.15) is 6.29 Å². The van der Waals surface area contributed by atoms with Crippen molar-refractivity contribution in [1.82, 2.24) is 0 Å². The Kier molecular flexibility index (Phi) is 4.51. The van der Waals surface area contributed by atoms with Gasteiger partial charge in [-0.1, -0.05) is 18.2 Å². The van der Waals surface area contributed by atoms with E-state index >= 15 is 0 Å². The third-order valence-corrected chi connectivity index (χ3v) is 3.61. The standard InChI is InChI=1S/C15H19NO2/c17-11-13-7-6-12(10-13)8-9-15(18)16-14-4-2-1-3-5-14/h1-5,11-13H,6-10H2,(H,16,18)/t12-,13+/m1/s1. The van der Waals surface area contributed by atoms with Crippen LogP contribution in [0.4, 0.5) is 5.69 Å². The molecule has 0 heterocycles. The molecule has 1 saturated carbocycles. The first-order valence-electron chi connectivity index (χ1n) is 6.58. The summed E-state index contributed by atoms with van der Waals surface area (Å²) in [6.45, 7) is 0. The van der Waals surface area contributed by atoms with E-state index in [0.29, 0.717) is 12.3 Å². The zero-order valence-corrected chi connectivity index (χ0v) is 10.5. The predicted molar refractivity (Wildman–Crippen MR) is 71.2 cm³/mol. The summed E-state index contributed by atoms with van der Waals surface area (Å²) >= 11 is 0. The highest BCUT2D eigenvalue weighted by molar-refractivity contribution is 5.90. The molecule has 0 unspecified atom stereocenters. The van der Waals surface area contributed by atoms with Gasteiger partial charge in [0, 0.05) is 18.0 Å². The number of carbonyl (C=O) groups excluding carboxylic acids is 2. The highest BCUT2D eigenvalue weighted by Crippen LogP contribution is 2.32. The Labute approximate surface area is 108 Å². The Hall–Kier alpha value is -1.64. The van der Waals surface area contributed by atoms with E-state index < -0.39 is 0 Å². The van der Waals surface area contributed by atoms with Gasteiger partial charge in [-0.05, 0) is 43.7 Å². The Bertz CT molecular complexity index is 402. The number of anilines is 1. The molecule has 1 amide bonds. The molecule has 0 radical (unpaired) electrons. The van der Waals surface area contributed by atoms with E-state index in [1.807, 2.05) is 30.3 Å². The minimum absolute atomic E-state index is 0.0655. The summed E-state index contributed by atoms with van der Waals surface area (Å²) in [5.41, 5.74) is 0.847. The third kappa shape index (κ3) is 3.69. The highest BCUT2D eigenvalue weighted by atomic mass is 16.1. The SMILES string of the molecule is O=C[C@H]1CC[C@H](CCC(=O)Nc2ccccc2)C1. The molecular weight excluding hydrogens is 226 g/mol. The van der Waals surface area contributed by atoms with Gasteiger partial charge in [0.15, 0.2) is 0 Å². The molecule has 0 aliphatic heterocycles. The fourth-order valence-electron chi connectivity index (χ4n) is 2.58. The fraction of sp³-hybridized carbons (Fsp3) is 0.467. The molecule has 2 atom stereocenters. The Morgan fingerprint density at radius 1 is 1.28 bits per heavy atom. The van der Waals surface area contributed by atoms with Crippen LogP contribution in [0.5, 0.6) is 0 Å². The van der Waals surface area contributed by atoms with E-state index in [-0.39, 0.29) is 11.8 Å². The van der Waals surface area contributed by atoms with Crippen molar-refractivity contribution in [2.45, 2.75) is 32.1 Å². The Balaban J connectivity index is 1.71. The van der Waals surface area contributed by atoms with Crippen LogP contribution in [0, 0.1) is 11.8 Å². The first-order chi connectivity index (χ1) is 8.78. The molecular formula is C15H19NO2. The predicted octanol–water partition coefficient (Wildman–Crippen LogP) is 3.02. The van der Waals surface area contributed by atoms with Gasteiger partial charge < -0.3 is 10.1 Å². The first kappa shape index (κ1) is 12.8. The number of carbonyl (C=O) groups is 2. The molecule has 1 N–H and O–H groups in total. The molecule has 0 saturated heterocycles. The topological polar surface area (TPSA) is 46.2 Å². The summed E-state index contributed by atoms with van der Waals surface area (Å²) in [6, 6.07) is 9.50. The number of rotatable bonds is 5. The molecule has 1 fully saturated rings. The largest absolute Gasteiger partial charge is 0.326 e. The van der Waals surface area contributed by atoms with Crippen LogP contribution in [0.15, 0.2) is 30.3 Å². The summed E-state index contributed by atoms with van der Waals surface area (Å²) in [5.74, 6) is 0.838. The van der Waals surface area contributed by atoms with Crippen molar-refractivity contribution in [3.63, 3.8) is 0 Å². The smallest absolute Gasteiger partial charge is 0.224 e. The fourth-order valence-corrected chi connectivity index (χ4v) is 2.58. The van der Waals surface area contributed by atoms with Crippen molar-refractivity contribution in [1.29, 1.82) is 0 Å². The molecule has 1 aliphatic carbocycles. The first-order valence-corrected chi connectivity index (χ1v) is 6.58. The van der Waals surface area contributed by atoms with Crippen LogP contribution >= 0.6 is 0 Å². The van der Waals surface area contributed by atoms with Gasteiger partial charge in [0.25, 0.3) is 0 Å². The number of hydrogen-bond donors (Lipinski definition) is 1. The average molecular weight is 245 g/mol. The monoisotopic (exact) mass is 245 g/mol. The van der Waals surface area contributed by atoms with Crippen molar-refractivity contribution in [2.75, 3.05) is 5.32 Å². The highest BCUT2D eigenvalue weighted by Gasteiger charge is 2.24. The number of para-hydroxylation sites is 1. The quantitative estimate of drug-likeness (QED) is 0.810. The summed E-state index contributed by atoms with van der Waals surface area (Å²) < 4.78 is 0. The van der Waals surface area contributed by atoms with Gasteiger partial charge in [-0.3, -0.25) is 4.79 Å². The summed E-state index contributed by atoms with van der Waals surface area (Å²) in [5, 5.41) is 2.88. The second-order valence-electron chi connectivity index (χ2n) is 5.03. The van der Waals surface area contributed by atoms with Crippen molar-refractivity contribution in [3.05, 3.63) is 30.3 Å². The Morgan fingerprint density at radius 2 is 2.06 bits per heavy atom. The van der Waals surface area contributed by atoms with Gasteiger partial charge in [-0.25, -0.2) is 0 Å². The summed E-state index contributed by atoms with van der Waals surface area (Å²) in [4.78, 5) is 22.4. The van der Waals surface area contributed by atoms with E-state index in [4.69, 9.17) is 0 Å².